The van der Waals surface area contributed by atoms with Gasteiger partial charge in [0.15, 0.2) is 0 Å². The third kappa shape index (κ3) is 2.60. The fraction of sp³-hybridized carbons (Fsp3) is 1.00. The third-order valence-electron chi connectivity index (χ3n) is 4.52. The molecule has 0 amide bonds. The molecule has 1 heterocycles. The highest BCUT2D eigenvalue weighted by atomic mass is 16.3. The first-order valence-electron chi connectivity index (χ1n) is 6.90. The molecule has 1 aliphatic carbocycles. The highest BCUT2D eigenvalue weighted by Crippen LogP contribution is 2.37. The second-order valence-corrected chi connectivity index (χ2v) is 6.78. The lowest BCUT2D eigenvalue weighted by molar-refractivity contribution is -0.00118. The topological polar surface area (TPSA) is 23.5 Å². The molecular formula is C14H27NO. The van der Waals surface area contributed by atoms with Gasteiger partial charge in [0, 0.05) is 12.6 Å². The van der Waals surface area contributed by atoms with Gasteiger partial charge in [0.05, 0.1) is 6.10 Å². The van der Waals surface area contributed by atoms with E-state index in [4.69, 9.17) is 0 Å². The Labute approximate surface area is 100 Å². The molecule has 2 nitrogen and oxygen atoms in total. The fourth-order valence-electron chi connectivity index (χ4n) is 3.28. The lowest BCUT2D eigenvalue weighted by Crippen LogP contribution is -2.48. The molecule has 2 rings (SSSR count). The minimum atomic E-state index is -0.188. The van der Waals surface area contributed by atoms with Gasteiger partial charge in [-0.25, -0.2) is 0 Å². The van der Waals surface area contributed by atoms with E-state index in [9.17, 15) is 5.11 Å². The molecule has 16 heavy (non-hydrogen) atoms. The number of hydrogen-bond donors (Lipinski definition) is 1. The molecule has 2 heteroatoms. The molecule has 3 unspecified atom stereocenters. The van der Waals surface area contributed by atoms with Crippen LogP contribution >= 0.6 is 0 Å². The first kappa shape index (κ1) is 12.4. The number of fused-ring (bicyclic) bond motifs is 1. The summed E-state index contributed by atoms with van der Waals surface area (Å²) in [5, 5.41) is 10.2. The molecule has 1 N–H and O–H groups in total. The SMILES string of the molecule is CC(C)(C)C(O)CN1CCCC2CCCC21. The lowest BCUT2D eigenvalue weighted by atomic mass is 9.86. The van der Waals surface area contributed by atoms with Crippen molar-refractivity contribution in [1.29, 1.82) is 0 Å². The molecule has 2 fully saturated rings. The fourth-order valence-corrected chi connectivity index (χ4v) is 3.28. The van der Waals surface area contributed by atoms with Crippen molar-refractivity contribution in [2.45, 2.75) is 65.0 Å². The first-order valence-corrected chi connectivity index (χ1v) is 6.90. The maximum Gasteiger partial charge on any atom is 0.0715 e. The molecule has 1 saturated heterocycles. The van der Waals surface area contributed by atoms with E-state index in [0.717, 1.165) is 18.5 Å². The smallest absolute Gasteiger partial charge is 0.0715 e. The van der Waals surface area contributed by atoms with Gasteiger partial charge in [-0.3, -0.25) is 4.90 Å². The monoisotopic (exact) mass is 225 g/mol. The van der Waals surface area contributed by atoms with Crippen molar-refractivity contribution in [3.8, 4) is 0 Å². The van der Waals surface area contributed by atoms with Crippen LogP contribution in [0.5, 0.6) is 0 Å². The summed E-state index contributed by atoms with van der Waals surface area (Å²) in [6, 6.07) is 0.783. The van der Waals surface area contributed by atoms with Crippen LogP contribution in [0.3, 0.4) is 0 Å². The normalized spacial score (nSPS) is 33.8. The standard InChI is InChI=1S/C14H27NO/c1-14(2,3)13(16)10-15-9-5-7-11-6-4-8-12(11)15/h11-13,16H,4-10H2,1-3H3. The van der Waals surface area contributed by atoms with Crippen molar-refractivity contribution in [2.24, 2.45) is 11.3 Å². The van der Waals surface area contributed by atoms with Gasteiger partial charge in [-0.15, -0.1) is 0 Å². The second-order valence-electron chi connectivity index (χ2n) is 6.78. The predicted molar refractivity (Wildman–Crippen MR) is 67.4 cm³/mol. The van der Waals surface area contributed by atoms with E-state index in [-0.39, 0.29) is 11.5 Å². The van der Waals surface area contributed by atoms with Crippen LogP contribution in [0.4, 0.5) is 0 Å². The van der Waals surface area contributed by atoms with Crippen LogP contribution in [-0.4, -0.2) is 35.2 Å². The summed E-state index contributed by atoms with van der Waals surface area (Å²) in [6.07, 6.45) is 6.75. The van der Waals surface area contributed by atoms with Crippen LogP contribution in [0.1, 0.15) is 52.9 Å². The molecular weight excluding hydrogens is 198 g/mol. The van der Waals surface area contributed by atoms with E-state index in [1.54, 1.807) is 0 Å². The Kier molecular flexibility index (Phi) is 3.60. The van der Waals surface area contributed by atoms with Crippen LogP contribution in [-0.2, 0) is 0 Å². The molecule has 0 aromatic rings. The highest BCUT2D eigenvalue weighted by Gasteiger charge is 2.36. The zero-order chi connectivity index (χ0) is 11.8. The molecule has 0 aromatic heterocycles. The maximum absolute atomic E-state index is 10.2. The number of hydrogen-bond acceptors (Lipinski definition) is 2. The Morgan fingerprint density at radius 3 is 2.56 bits per heavy atom. The van der Waals surface area contributed by atoms with E-state index in [1.165, 1.54) is 38.6 Å². The Morgan fingerprint density at radius 2 is 1.88 bits per heavy atom. The number of rotatable bonds is 2. The van der Waals surface area contributed by atoms with Gasteiger partial charge in [-0.2, -0.15) is 0 Å². The van der Waals surface area contributed by atoms with Gasteiger partial charge in [-0.05, 0) is 43.6 Å². The molecule has 3 atom stereocenters. The number of nitrogens with zero attached hydrogens (tertiary/aromatic N) is 1. The van der Waals surface area contributed by atoms with E-state index >= 15 is 0 Å². The molecule has 94 valence electrons. The van der Waals surface area contributed by atoms with E-state index in [2.05, 4.69) is 25.7 Å². The van der Waals surface area contributed by atoms with Gasteiger partial charge in [-0.1, -0.05) is 27.2 Å². The predicted octanol–water partition coefficient (Wildman–Crippen LogP) is 2.66. The maximum atomic E-state index is 10.2. The number of likely N-dealkylation sites (tertiary alicyclic amines) is 1. The Hall–Kier alpha value is -0.0800. The minimum Gasteiger partial charge on any atom is -0.391 e. The van der Waals surface area contributed by atoms with E-state index in [1.807, 2.05) is 0 Å². The van der Waals surface area contributed by atoms with Gasteiger partial charge in [0.25, 0.3) is 0 Å². The Bertz CT molecular complexity index is 233. The van der Waals surface area contributed by atoms with Crippen molar-refractivity contribution in [2.75, 3.05) is 13.1 Å². The van der Waals surface area contributed by atoms with Gasteiger partial charge in [0.1, 0.15) is 0 Å². The average Bonchev–Trinajstić information content (AvgIpc) is 2.65. The van der Waals surface area contributed by atoms with Crippen molar-refractivity contribution >= 4 is 0 Å². The zero-order valence-electron chi connectivity index (χ0n) is 11.1. The second kappa shape index (κ2) is 4.66. The molecule has 1 saturated carbocycles. The van der Waals surface area contributed by atoms with Crippen LogP contribution in [0.2, 0.25) is 0 Å². The van der Waals surface area contributed by atoms with E-state index in [0.29, 0.717) is 0 Å². The lowest BCUT2D eigenvalue weighted by Gasteiger charge is -2.41. The largest absolute Gasteiger partial charge is 0.391 e. The van der Waals surface area contributed by atoms with Crippen molar-refractivity contribution < 1.29 is 5.11 Å². The third-order valence-corrected chi connectivity index (χ3v) is 4.52. The summed E-state index contributed by atoms with van der Waals surface area (Å²) in [5.74, 6) is 0.931. The first-order chi connectivity index (χ1) is 7.48. The number of piperidine rings is 1. The van der Waals surface area contributed by atoms with Crippen molar-refractivity contribution in [3.63, 3.8) is 0 Å². The summed E-state index contributed by atoms with van der Waals surface area (Å²) in [7, 11) is 0. The quantitative estimate of drug-likeness (QED) is 0.781. The van der Waals surface area contributed by atoms with Crippen LogP contribution in [0, 0.1) is 11.3 Å². The van der Waals surface area contributed by atoms with Crippen LogP contribution < -0.4 is 0 Å². The molecule has 2 aliphatic rings. The van der Waals surface area contributed by atoms with Gasteiger partial charge >= 0.3 is 0 Å². The molecule has 0 bridgehead atoms. The van der Waals surface area contributed by atoms with E-state index < -0.39 is 0 Å². The van der Waals surface area contributed by atoms with Crippen LogP contribution in [0.25, 0.3) is 0 Å². The number of aliphatic hydroxyl groups is 1. The van der Waals surface area contributed by atoms with Crippen LogP contribution in [0.15, 0.2) is 0 Å². The summed E-state index contributed by atoms with van der Waals surface area (Å²) in [5.41, 5.74) is 0.0194. The summed E-state index contributed by atoms with van der Waals surface area (Å²) in [6.45, 7) is 8.48. The van der Waals surface area contributed by atoms with Gasteiger partial charge in [0.2, 0.25) is 0 Å². The summed E-state index contributed by atoms with van der Waals surface area (Å²) >= 11 is 0. The Balaban J connectivity index is 1.93. The molecule has 0 spiro atoms. The zero-order valence-corrected chi connectivity index (χ0v) is 11.1. The molecule has 1 aliphatic heterocycles. The van der Waals surface area contributed by atoms with Crippen molar-refractivity contribution in [3.05, 3.63) is 0 Å². The number of β-amino-alcohol motifs (C(OH)–C–C–N with tert-alkyl or cyclic N) is 1. The Morgan fingerprint density at radius 1 is 1.19 bits per heavy atom. The average molecular weight is 225 g/mol. The summed E-state index contributed by atoms with van der Waals surface area (Å²) in [4.78, 5) is 2.57. The number of aliphatic hydroxyl groups excluding tert-OH is 1. The summed E-state index contributed by atoms with van der Waals surface area (Å²) < 4.78 is 0. The van der Waals surface area contributed by atoms with Crippen molar-refractivity contribution in [1.82, 2.24) is 4.90 Å². The molecule has 0 aromatic carbocycles. The highest BCUT2D eigenvalue weighted by molar-refractivity contribution is 4.91. The van der Waals surface area contributed by atoms with Gasteiger partial charge < -0.3 is 5.11 Å². The molecule has 0 radical (unpaired) electrons. The minimum absolute atomic E-state index is 0.0194.